The number of rotatable bonds is 3. The molecule has 0 spiro atoms. The summed E-state index contributed by atoms with van der Waals surface area (Å²) in [5.41, 5.74) is 6.49. The highest BCUT2D eigenvalue weighted by Crippen LogP contribution is 2.33. The van der Waals surface area contributed by atoms with Crippen molar-refractivity contribution in [2.75, 3.05) is 13.2 Å². The molecule has 5 nitrogen and oxygen atoms in total. The van der Waals surface area contributed by atoms with Gasteiger partial charge in [0.2, 0.25) is 5.91 Å². The van der Waals surface area contributed by atoms with Gasteiger partial charge in [0.1, 0.15) is 13.2 Å². The van der Waals surface area contributed by atoms with Crippen molar-refractivity contribution in [3.63, 3.8) is 0 Å². The second-order valence-electron chi connectivity index (χ2n) is 5.96. The minimum atomic E-state index is -0.692. The first-order chi connectivity index (χ1) is 10.1. The quantitative estimate of drug-likeness (QED) is 0.892. The Bertz CT molecular complexity index is 538. The van der Waals surface area contributed by atoms with Gasteiger partial charge in [-0.2, -0.15) is 0 Å². The summed E-state index contributed by atoms with van der Waals surface area (Å²) in [4.78, 5) is 12.3. The molecule has 0 bridgehead atoms. The van der Waals surface area contributed by atoms with Gasteiger partial charge < -0.3 is 20.5 Å². The normalized spacial score (nSPS) is 20.9. The predicted octanol–water partition coefficient (Wildman–Crippen LogP) is 1.91. The molecule has 0 aromatic heterocycles. The van der Waals surface area contributed by atoms with Crippen LogP contribution >= 0.6 is 0 Å². The molecule has 1 aromatic rings. The third-order valence-electron chi connectivity index (χ3n) is 4.36. The molecule has 1 saturated carbocycles. The average molecular weight is 290 g/mol. The molecule has 0 saturated heterocycles. The van der Waals surface area contributed by atoms with Gasteiger partial charge in [-0.15, -0.1) is 0 Å². The summed E-state index contributed by atoms with van der Waals surface area (Å²) < 4.78 is 11.1. The van der Waals surface area contributed by atoms with E-state index < -0.39 is 5.54 Å². The van der Waals surface area contributed by atoms with E-state index in [1.165, 1.54) is 0 Å². The lowest BCUT2D eigenvalue weighted by Gasteiger charge is -2.26. The predicted molar refractivity (Wildman–Crippen MR) is 79.4 cm³/mol. The molecule has 1 heterocycles. The summed E-state index contributed by atoms with van der Waals surface area (Å²) in [7, 11) is 0. The fourth-order valence-corrected chi connectivity index (χ4v) is 2.99. The van der Waals surface area contributed by atoms with Crippen molar-refractivity contribution in [2.45, 2.75) is 44.2 Å². The van der Waals surface area contributed by atoms with Crippen molar-refractivity contribution in [2.24, 2.45) is 5.73 Å². The molecule has 1 aliphatic heterocycles. The average Bonchev–Trinajstić information content (AvgIpc) is 2.95. The molecule has 114 valence electrons. The van der Waals surface area contributed by atoms with Gasteiger partial charge in [-0.25, -0.2) is 0 Å². The van der Waals surface area contributed by atoms with Crippen molar-refractivity contribution in [3.8, 4) is 11.5 Å². The number of benzene rings is 1. The standard InChI is InChI=1S/C16H22N2O3/c1-11(18-15(19)16(17)6-2-3-7-16)12-4-5-13-14(10-12)21-9-8-20-13/h4-5,10-11H,2-3,6-9,17H2,1H3,(H,18,19). The van der Waals surface area contributed by atoms with Crippen LogP contribution in [0.1, 0.15) is 44.2 Å². The van der Waals surface area contributed by atoms with Crippen LogP contribution in [0, 0.1) is 0 Å². The maximum atomic E-state index is 12.3. The molecular weight excluding hydrogens is 268 g/mol. The van der Waals surface area contributed by atoms with Gasteiger partial charge in [0.05, 0.1) is 11.6 Å². The Kier molecular flexibility index (Phi) is 3.76. The molecule has 1 unspecified atom stereocenters. The third kappa shape index (κ3) is 2.83. The lowest BCUT2D eigenvalue weighted by molar-refractivity contribution is -0.126. The summed E-state index contributed by atoms with van der Waals surface area (Å²) in [6.07, 6.45) is 3.60. The van der Waals surface area contributed by atoms with Crippen molar-refractivity contribution >= 4 is 5.91 Å². The van der Waals surface area contributed by atoms with Gasteiger partial charge in [-0.05, 0) is 37.5 Å². The monoisotopic (exact) mass is 290 g/mol. The van der Waals surface area contributed by atoms with E-state index in [2.05, 4.69) is 5.32 Å². The first-order valence-corrected chi connectivity index (χ1v) is 7.58. The molecule has 1 atom stereocenters. The minimum Gasteiger partial charge on any atom is -0.486 e. The second-order valence-corrected chi connectivity index (χ2v) is 5.96. The summed E-state index contributed by atoms with van der Waals surface area (Å²) in [5.74, 6) is 1.44. The largest absolute Gasteiger partial charge is 0.486 e. The maximum absolute atomic E-state index is 12.3. The topological polar surface area (TPSA) is 73.6 Å². The number of nitrogens with one attached hydrogen (secondary N) is 1. The Hall–Kier alpha value is -1.75. The summed E-state index contributed by atoms with van der Waals surface area (Å²) >= 11 is 0. The number of ether oxygens (including phenoxy) is 2. The molecule has 3 N–H and O–H groups in total. The Morgan fingerprint density at radius 2 is 1.90 bits per heavy atom. The summed E-state index contributed by atoms with van der Waals surface area (Å²) in [6.45, 7) is 3.10. The van der Waals surface area contributed by atoms with E-state index in [0.29, 0.717) is 13.2 Å². The lowest BCUT2D eigenvalue weighted by Crippen LogP contribution is -2.52. The molecule has 1 amide bonds. The molecule has 2 aliphatic rings. The number of amides is 1. The van der Waals surface area contributed by atoms with Crippen LogP contribution in [0.25, 0.3) is 0 Å². The fourth-order valence-electron chi connectivity index (χ4n) is 2.99. The van der Waals surface area contributed by atoms with Crippen LogP contribution in [0.3, 0.4) is 0 Å². The third-order valence-corrected chi connectivity index (χ3v) is 4.36. The van der Waals surface area contributed by atoms with E-state index in [-0.39, 0.29) is 11.9 Å². The SMILES string of the molecule is CC(NC(=O)C1(N)CCCC1)c1ccc2c(c1)OCCO2. The van der Waals surface area contributed by atoms with E-state index >= 15 is 0 Å². The zero-order valence-electron chi connectivity index (χ0n) is 12.4. The number of carbonyl (C=O) groups excluding carboxylic acids is 1. The van der Waals surface area contributed by atoms with Crippen LogP contribution in [0.5, 0.6) is 11.5 Å². The van der Waals surface area contributed by atoms with Gasteiger partial charge in [0.25, 0.3) is 0 Å². The highest BCUT2D eigenvalue weighted by Gasteiger charge is 2.37. The molecular formula is C16H22N2O3. The molecule has 21 heavy (non-hydrogen) atoms. The first-order valence-electron chi connectivity index (χ1n) is 7.58. The zero-order chi connectivity index (χ0) is 14.9. The second kappa shape index (κ2) is 5.56. The highest BCUT2D eigenvalue weighted by atomic mass is 16.6. The molecule has 0 radical (unpaired) electrons. The van der Waals surface area contributed by atoms with Gasteiger partial charge in [0.15, 0.2) is 11.5 Å². The fraction of sp³-hybridized carbons (Fsp3) is 0.562. The smallest absolute Gasteiger partial charge is 0.240 e. The van der Waals surface area contributed by atoms with E-state index in [9.17, 15) is 4.79 Å². The van der Waals surface area contributed by atoms with Crippen LogP contribution < -0.4 is 20.5 Å². The van der Waals surface area contributed by atoms with Gasteiger partial charge in [0, 0.05) is 0 Å². The minimum absolute atomic E-state index is 0.0533. The number of hydrogen-bond acceptors (Lipinski definition) is 4. The van der Waals surface area contributed by atoms with Crippen LogP contribution in [0.4, 0.5) is 0 Å². The van der Waals surface area contributed by atoms with E-state index in [1.807, 2.05) is 25.1 Å². The van der Waals surface area contributed by atoms with Crippen molar-refractivity contribution < 1.29 is 14.3 Å². The molecule has 1 aliphatic carbocycles. The Morgan fingerprint density at radius 1 is 1.24 bits per heavy atom. The number of fused-ring (bicyclic) bond motifs is 1. The van der Waals surface area contributed by atoms with Gasteiger partial charge in [-0.3, -0.25) is 4.79 Å². The van der Waals surface area contributed by atoms with Gasteiger partial charge >= 0.3 is 0 Å². The maximum Gasteiger partial charge on any atom is 0.240 e. The first kappa shape index (κ1) is 14.2. The Balaban J connectivity index is 1.70. The van der Waals surface area contributed by atoms with Crippen molar-refractivity contribution in [1.29, 1.82) is 0 Å². The molecule has 3 rings (SSSR count). The number of carbonyl (C=O) groups is 1. The van der Waals surface area contributed by atoms with Crippen molar-refractivity contribution in [3.05, 3.63) is 23.8 Å². The summed E-state index contributed by atoms with van der Waals surface area (Å²) in [5, 5.41) is 3.03. The van der Waals surface area contributed by atoms with Crippen LogP contribution in [0.15, 0.2) is 18.2 Å². The molecule has 1 aromatic carbocycles. The summed E-state index contributed by atoms with van der Waals surface area (Å²) in [6, 6.07) is 5.67. The van der Waals surface area contributed by atoms with E-state index in [0.717, 1.165) is 42.7 Å². The Morgan fingerprint density at radius 3 is 2.62 bits per heavy atom. The van der Waals surface area contributed by atoms with E-state index in [1.54, 1.807) is 0 Å². The Labute approximate surface area is 124 Å². The molecule has 5 heteroatoms. The lowest BCUT2D eigenvalue weighted by atomic mass is 9.97. The molecule has 1 fully saturated rings. The van der Waals surface area contributed by atoms with Gasteiger partial charge in [-0.1, -0.05) is 18.9 Å². The van der Waals surface area contributed by atoms with Crippen LogP contribution in [0.2, 0.25) is 0 Å². The highest BCUT2D eigenvalue weighted by molar-refractivity contribution is 5.86. The van der Waals surface area contributed by atoms with E-state index in [4.69, 9.17) is 15.2 Å². The van der Waals surface area contributed by atoms with Crippen LogP contribution in [-0.2, 0) is 4.79 Å². The van der Waals surface area contributed by atoms with Crippen molar-refractivity contribution in [1.82, 2.24) is 5.32 Å². The van der Waals surface area contributed by atoms with Crippen LogP contribution in [-0.4, -0.2) is 24.7 Å². The zero-order valence-corrected chi connectivity index (χ0v) is 12.4. The number of nitrogens with two attached hydrogens (primary N) is 1. The number of hydrogen-bond donors (Lipinski definition) is 2.